The van der Waals surface area contributed by atoms with E-state index in [1.165, 1.54) is 12.1 Å². The van der Waals surface area contributed by atoms with Crippen LogP contribution in [0.2, 0.25) is 0 Å². The van der Waals surface area contributed by atoms with Gasteiger partial charge in [0.25, 0.3) is 0 Å². The van der Waals surface area contributed by atoms with Crippen molar-refractivity contribution in [2.45, 2.75) is 39.0 Å². The first kappa shape index (κ1) is 16.0. The molecule has 19 heavy (non-hydrogen) atoms. The normalized spacial score (nSPS) is 15.6. The highest BCUT2D eigenvalue weighted by Crippen LogP contribution is 2.34. The fraction of sp³-hybridized carbons (Fsp3) is 0.571. The Morgan fingerprint density at radius 1 is 1.16 bits per heavy atom. The third-order valence-electron chi connectivity index (χ3n) is 3.20. The number of benzene rings is 1. The number of hydrogen-bond donors (Lipinski definition) is 2. The lowest BCUT2D eigenvalue weighted by Gasteiger charge is -2.26. The monoisotopic (exact) mass is 275 g/mol. The highest BCUT2D eigenvalue weighted by molar-refractivity contribution is 5.32. The third-order valence-corrected chi connectivity index (χ3v) is 3.20. The van der Waals surface area contributed by atoms with Gasteiger partial charge in [-0.1, -0.05) is 32.0 Å². The second kappa shape index (κ2) is 6.39. The maximum Gasteiger partial charge on any atom is 0.416 e. The lowest BCUT2D eigenvalue weighted by atomic mass is 9.98. The Labute approximate surface area is 111 Å². The van der Waals surface area contributed by atoms with Crippen molar-refractivity contribution in [3.8, 4) is 0 Å². The zero-order valence-corrected chi connectivity index (χ0v) is 11.3. The molecule has 0 aliphatic rings. The van der Waals surface area contributed by atoms with Gasteiger partial charge in [0.15, 0.2) is 0 Å². The highest BCUT2D eigenvalue weighted by Gasteiger charge is 2.34. The van der Waals surface area contributed by atoms with Crippen LogP contribution in [0.25, 0.3) is 0 Å². The van der Waals surface area contributed by atoms with Crippen LogP contribution in [0.1, 0.15) is 37.9 Å². The molecule has 0 saturated heterocycles. The van der Waals surface area contributed by atoms with Crippen LogP contribution < -0.4 is 5.32 Å². The van der Waals surface area contributed by atoms with Crippen molar-refractivity contribution in [3.05, 3.63) is 35.4 Å². The topological polar surface area (TPSA) is 32.3 Å². The molecule has 5 heteroatoms. The second-order valence-corrected chi connectivity index (χ2v) is 5.01. The summed E-state index contributed by atoms with van der Waals surface area (Å²) in [5.41, 5.74) is -0.426. The van der Waals surface area contributed by atoms with Crippen LogP contribution in [-0.2, 0) is 6.18 Å². The van der Waals surface area contributed by atoms with E-state index in [9.17, 15) is 18.3 Å². The molecule has 0 aliphatic carbocycles. The van der Waals surface area contributed by atoms with Gasteiger partial charge in [0.05, 0.1) is 12.2 Å². The molecule has 0 spiro atoms. The van der Waals surface area contributed by atoms with E-state index < -0.39 is 17.8 Å². The third kappa shape index (κ3) is 4.21. The van der Waals surface area contributed by atoms with Gasteiger partial charge < -0.3 is 10.4 Å². The summed E-state index contributed by atoms with van der Waals surface area (Å²) in [6.45, 7) is 5.40. The molecule has 0 saturated carbocycles. The summed E-state index contributed by atoms with van der Waals surface area (Å²) < 4.78 is 38.7. The van der Waals surface area contributed by atoms with Crippen molar-refractivity contribution >= 4 is 0 Å². The molecule has 108 valence electrons. The van der Waals surface area contributed by atoms with Gasteiger partial charge in [0, 0.05) is 12.1 Å². The van der Waals surface area contributed by atoms with E-state index in [1.807, 2.05) is 13.8 Å². The summed E-state index contributed by atoms with van der Waals surface area (Å²) in [5.74, 6) is 0.144. The quantitative estimate of drug-likeness (QED) is 0.863. The molecule has 1 rings (SSSR count). The number of aliphatic hydroxyl groups is 1. The van der Waals surface area contributed by atoms with Gasteiger partial charge in [-0.3, -0.25) is 0 Å². The zero-order chi connectivity index (χ0) is 14.6. The number of aliphatic hydroxyl groups excluding tert-OH is 1. The maximum atomic E-state index is 12.9. The molecule has 2 N–H and O–H groups in total. The van der Waals surface area contributed by atoms with Gasteiger partial charge in [-0.15, -0.1) is 0 Å². The number of alkyl halides is 3. The van der Waals surface area contributed by atoms with E-state index in [0.29, 0.717) is 0 Å². The number of halogens is 3. The van der Waals surface area contributed by atoms with E-state index in [4.69, 9.17) is 0 Å². The van der Waals surface area contributed by atoms with Gasteiger partial charge >= 0.3 is 6.18 Å². The minimum Gasteiger partial charge on any atom is -0.395 e. The Morgan fingerprint density at radius 2 is 1.74 bits per heavy atom. The van der Waals surface area contributed by atoms with Crippen molar-refractivity contribution in [1.82, 2.24) is 5.32 Å². The Morgan fingerprint density at radius 3 is 2.21 bits per heavy atom. The minimum atomic E-state index is -4.36. The van der Waals surface area contributed by atoms with Crippen LogP contribution in [0, 0.1) is 5.92 Å². The van der Waals surface area contributed by atoms with Crippen LogP contribution in [0.15, 0.2) is 24.3 Å². The van der Waals surface area contributed by atoms with Gasteiger partial charge in [0.2, 0.25) is 0 Å². The molecule has 1 unspecified atom stereocenters. The first-order chi connectivity index (χ1) is 8.77. The van der Waals surface area contributed by atoms with Crippen LogP contribution in [0.3, 0.4) is 0 Å². The van der Waals surface area contributed by atoms with Crippen molar-refractivity contribution in [1.29, 1.82) is 0 Å². The summed E-state index contributed by atoms with van der Waals surface area (Å²) in [6.07, 6.45) is -4.36. The molecule has 0 heterocycles. The van der Waals surface area contributed by atoms with Gasteiger partial charge in [-0.05, 0) is 24.5 Å². The van der Waals surface area contributed by atoms with Gasteiger partial charge in [-0.2, -0.15) is 13.2 Å². The molecule has 0 fully saturated rings. The Hall–Kier alpha value is -1.07. The predicted octanol–water partition coefficient (Wildman–Crippen LogP) is 3.37. The van der Waals surface area contributed by atoms with Crippen LogP contribution in [0.5, 0.6) is 0 Å². The second-order valence-electron chi connectivity index (χ2n) is 5.01. The van der Waals surface area contributed by atoms with Crippen LogP contribution in [0.4, 0.5) is 13.2 Å². The van der Waals surface area contributed by atoms with Crippen LogP contribution in [-0.4, -0.2) is 17.8 Å². The molecule has 0 bridgehead atoms. The van der Waals surface area contributed by atoms with E-state index in [0.717, 1.165) is 6.07 Å². The Kier molecular flexibility index (Phi) is 5.38. The summed E-state index contributed by atoms with van der Waals surface area (Å²) in [7, 11) is 0. The molecule has 1 aromatic carbocycles. The van der Waals surface area contributed by atoms with Crippen LogP contribution >= 0.6 is 0 Å². The molecule has 1 aromatic rings. The number of rotatable bonds is 5. The fourth-order valence-electron chi connectivity index (χ4n) is 2.00. The fourth-order valence-corrected chi connectivity index (χ4v) is 2.00. The lowest BCUT2D eigenvalue weighted by Crippen LogP contribution is -2.39. The summed E-state index contributed by atoms with van der Waals surface area (Å²) in [6, 6.07) is 4.82. The number of hydrogen-bond acceptors (Lipinski definition) is 2. The average Bonchev–Trinajstić information content (AvgIpc) is 2.34. The van der Waals surface area contributed by atoms with E-state index in [-0.39, 0.29) is 24.1 Å². The smallest absolute Gasteiger partial charge is 0.395 e. The van der Waals surface area contributed by atoms with Crippen molar-refractivity contribution < 1.29 is 18.3 Å². The van der Waals surface area contributed by atoms with Crippen molar-refractivity contribution in [2.24, 2.45) is 5.92 Å². The standard InChI is InChI=1S/C14H20F3NO/c1-9(2)13(8-19)18-10(3)11-6-4-5-7-12(11)14(15,16)17/h4-7,9-10,13,18-19H,8H2,1-3H3/t10?,13-/m1/s1. The van der Waals surface area contributed by atoms with E-state index >= 15 is 0 Å². The predicted molar refractivity (Wildman–Crippen MR) is 68.7 cm³/mol. The molecule has 2 atom stereocenters. The molecule has 0 radical (unpaired) electrons. The molecule has 0 aliphatic heterocycles. The maximum absolute atomic E-state index is 12.9. The summed E-state index contributed by atoms with van der Waals surface area (Å²) >= 11 is 0. The SMILES string of the molecule is CC(N[C@H](CO)C(C)C)c1ccccc1C(F)(F)F. The Bertz CT molecular complexity index is 404. The van der Waals surface area contributed by atoms with Gasteiger partial charge in [0.1, 0.15) is 0 Å². The molecular weight excluding hydrogens is 255 g/mol. The number of nitrogens with one attached hydrogen (secondary N) is 1. The Balaban J connectivity index is 2.97. The molecule has 0 aromatic heterocycles. The summed E-state index contributed by atoms with van der Waals surface area (Å²) in [5, 5.41) is 12.3. The van der Waals surface area contributed by atoms with Crippen molar-refractivity contribution in [3.63, 3.8) is 0 Å². The first-order valence-corrected chi connectivity index (χ1v) is 6.30. The highest BCUT2D eigenvalue weighted by atomic mass is 19.4. The molecule has 2 nitrogen and oxygen atoms in total. The lowest BCUT2D eigenvalue weighted by molar-refractivity contribution is -0.138. The van der Waals surface area contributed by atoms with E-state index in [1.54, 1.807) is 13.0 Å². The van der Waals surface area contributed by atoms with E-state index in [2.05, 4.69) is 5.32 Å². The minimum absolute atomic E-state index is 0.101. The largest absolute Gasteiger partial charge is 0.416 e. The van der Waals surface area contributed by atoms with Gasteiger partial charge in [-0.25, -0.2) is 0 Å². The van der Waals surface area contributed by atoms with Crippen molar-refractivity contribution in [2.75, 3.05) is 6.61 Å². The first-order valence-electron chi connectivity index (χ1n) is 6.30. The average molecular weight is 275 g/mol. The summed E-state index contributed by atoms with van der Waals surface area (Å²) in [4.78, 5) is 0. The molecular formula is C14H20F3NO. The molecule has 0 amide bonds. The zero-order valence-electron chi connectivity index (χ0n) is 11.3.